The number of carboxylic acid groups (broad SMARTS) is 1. The normalized spacial score (nSPS) is 22.9. The van der Waals surface area contributed by atoms with Crippen LogP contribution in [0, 0.1) is 0 Å². The average molecular weight is 271 g/mol. The van der Waals surface area contributed by atoms with Gasteiger partial charge < -0.3 is 10.4 Å². The van der Waals surface area contributed by atoms with Crippen molar-refractivity contribution >= 4 is 5.97 Å². The van der Waals surface area contributed by atoms with E-state index in [0.717, 1.165) is 26.2 Å². The summed E-state index contributed by atoms with van der Waals surface area (Å²) in [5.74, 6) is -0.765. The minimum atomic E-state index is -0.840. The van der Waals surface area contributed by atoms with Gasteiger partial charge in [0.2, 0.25) is 0 Å². The highest BCUT2D eigenvalue weighted by atomic mass is 16.4. The largest absolute Gasteiger partial charge is 0.480 e. The van der Waals surface area contributed by atoms with E-state index >= 15 is 0 Å². The molecule has 1 fully saturated rings. The molecule has 0 aliphatic carbocycles. The van der Waals surface area contributed by atoms with E-state index in [1.54, 1.807) is 6.92 Å². The SMILES string of the molecule is CCNC(C)(CN1CCN(C(C)CC)CC1)C(=O)O. The summed E-state index contributed by atoms with van der Waals surface area (Å²) in [7, 11) is 0. The fourth-order valence-electron chi connectivity index (χ4n) is 2.66. The number of aliphatic carboxylic acids is 1. The predicted octanol–water partition coefficient (Wildman–Crippen LogP) is 0.855. The highest BCUT2D eigenvalue weighted by Crippen LogP contribution is 2.13. The Morgan fingerprint density at radius 1 is 1.32 bits per heavy atom. The van der Waals surface area contributed by atoms with Gasteiger partial charge in [0, 0.05) is 38.8 Å². The summed E-state index contributed by atoms with van der Waals surface area (Å²) in [6, 6.07) is 0.627. The maximum Gasteiger partial charge on any atom is 0.324 e. The van der Waals surface area contributed by atoms with Gasteiger partial charge in [-0.3, -0.25) is 14.6 Å². The smallest absolute Gasteiger partial charge is 0.324 e. The number of hydrogen-bond acceptors (Lipinski definition) is 4. The average Bonchev–Trinajstić information content (AvgIpc) is 2.38. The van der Waals surface area contributed by atoms with Crippen molar-refractivity contribution in [2.45, 2.75) is 45.7 Å². The molecule has 1 aliphatic heterocycles. The third-order valence-electron chi connectivity index (χ3n) is 4.20. The number of carbonyl (C=O) groups is 1. The molecule has 5 heteroatoms. The van der Waals surface area contributed by atoms with E-state index < -0.39 is 11.5 Å². The Hall–Kier alpha value is -0.650. The number of piperazine rings is 1. The number of likely N-dealkylation sites (N-methyl/N-ethyl adjacent to an activating group) is 1. The first-order valence-electron chi connectivity index (χ1n) is 7.37. The summed E-state index contributed by atoms with van der Waals surface area (Å²) in [5, 5.41) is 12.5. The minimum Gasteiger partial charge on any atom is -0.480 e. The van der Waals surface area contributed by atoms with Gasteiger partial charge in [0.05, 0.1) is 0 Å². The van der Waals surface area contributed by atoms with Crippen molar-refractivity contribution in [3.8, 4) is 0 Å². The standard InChI is InChI=1S/C14H29N3O2/c1-5-12(3)17-9-7-16(8-10-17)11-14(4,13(18)19)15-6-2/h12,15H,5-11H2,1-4H3,(H,18,19). The second-order valence-electron chi connectivity index (χ2n) is 5.74. The lowest BCUT2D eigenvalue weighted by Crippen LogP contribution is -2.60. The highest BCUT2D eigenvalue weighted by Gasteiger charge is 2.35. The number of nitrogens with one attached hydrogen (secondary N) is 1. The van der Waals surface area contributed by atoms with E-state index in [-0.39, 0.29) is 0 Å². The number of carboxylic acids is 1. The Balaban J connectivity index is 2.49. The summed E-state index contributed by atoms with van der Waals surface area (Å²) >= 11 is 0. The molecule has 0 aromatic carbocycles. The van der Waals surface area contributed by atoms with Crippen LogP contribution in [0.2, 0.25) is 0 Å². The quantitative estimate of drug-likeness (QED) is 0.719. The van der Waals surface area contributed by atoms with Crippen molar-refractivity contribution in [2.24, 2.45) is 0 Å². The maximum atomic E-state index is 11.4. The van der Waals surface area contributed by atoms with Crippen molar-refractivity contribution in [3.05, 3.63) is 0 Å². The summed E-state index contributed by atoms with van der Waals surface area (Å²) in [5.41, 5.74) is -0.840. The second kappa shape index (κ2) is 7.22. The molecule has 0 bridgehead atoms. The molecule has 19 heavy (non-hydrogen) atoms. The number of rotatable bonds is 7. The Morgan fingerprint density at radius 2 is 1.89 bits per heavy atom. The lowest BCUT2D eigenvalue weighted by Gasteiger charge is -2.40. The minimum absolute atomic E-state index is 0.574. The number of hydrogen-bond donors (Lipinski definition) is 2. The molecule has 1 aliphatic rings. The molecular formula is C14H29N3O2. The zero-order chi connectivity index (χ0) is 14.5. The third kappa shape index (κ3) is 4.44. The first kappa shape index (κ1) is 16.4. The molecule has 0 aromatic heterocycles. The van der Waals surface area contributed by atoms with Gasteiger partial charge >= 0.3 is 5.97 Å². The summed E-state index contributed by atoms with van der Waals surface area (Å²) < 4.78 is 0. The summed E-state index contributed by atoms with van der Waals surface area (Å²) in [4.78, 5) is 16.2. The molecule has 112 valence electrons. The van der Waals surface area contributed by atoms with E-state index in [1.807, 2.05) is 6.92 Å². The molecule has 2 N–H and O–H groups in total. The summed E-state index contributed by atoms with van der Waals surface area (Å²) in [6.45, 7) is 13.4. The van der Waals surface area contributed by atoms with Crippen molar-refractivity contribution < 1.29 is 9.90 Å². The van der Waals surface area contributed by atoms with E-state index in [1.165, 1.54) is 6.42 Å². The highest BCUT2D eigenvalue weighted by molar-refractivity contribution is 5.78. The maximum absolute atomic E-state index is 11.4. The van der Waals surface area contributed by atoms with Crippen molar-refractivity contribution in [1.82, 2.24) is 15.1 Å². The van der Waals surface area contributed by atoms with Crippen LogP contribution >= 0.6 is 0 Å². The molecule has 2 atom stereocenters. The molecule has 0 aromatic rings. The lowest BCUT2D eigenvalue weighted by molar-refractivity contribution is -0.145. The Morgan fingerprint density at radius 3 is 2.32 bits per heavy atom. The first-order valence-corrected chi connectivity index (χ1v) is 7.37. The van der Waals surface area contributed by atoms with Crippen molar-refractivity contribution in [1.29, 1.82) is 0 Å². The van der Waals surface area contributed by atoms with Crippen LogP contribution in [0.4, 0.5) is 0 Å². The van der Waals surface area contributed by atoms with E-state index in [9.17, 15) is 9.90 Å². The fraction of sp³-hybridized carbons (Fsp3) is 0.929. The van der Waals surface area contributed by atoms with E-state index in [2.05, 4.69) is 29.0 Å². The number of nitrogens with zero attached hydrogens (tertiary/aromatic N) is 2. The Bertz CT molecular complexity index is 290. The van der Waals surface area contributed by atoms with Gasteiger partial charge in [-0.2, -0.15) is 0 Å². The van der Waals surface area contributed by atoms with Crippen LogP contribution in [0.15, 0.2) is 0 Å². The van der Waals surface area contributed by atoms with Gasteiger partial charge in [0.1, 0.15) is 5.54 Å². The van der Waals surface area contributed by atoms with Crippen LogP contribution in [-0.2, 0) is 4.79 Å². The molecule has 0 amide bonds. The van der Waals surface area contributed by atoms with Gasteiger partial charge in [-0.25, -0.2) is 0 Å². The first-order chi connectivity index (χ1) is 8.92. The Kier molecular flexibility index (Phi) is 6.23. The van der Waals surface area contributed by atoms with Crippen LogP contribution in [-0.4, -0.2) is 71.7 Å². The summed E-state index contributed by atoms with van der Waals surface area (Å²) in [6.07, 6.45) is 1.17. The van der Waals surface area contributed by atoms with Gasteiger partial charge in [-0.05, 0) is 26.8 Å². The lowest BCUT2D eigenvalue weighted by atomic mass is 10.0. The van der Waals surface area contributed by atoms with Crippen molar-refractivity contribution in [3.63, 3.8) is 0 Å². The van der Waals surface area contributed by atoms with E-state index in [0.29, 0.717) is 19.1 Å². The zero-order valence-corrected chi connectivity index (χ0v) is 12.8. The van der Waals surface area contributed by atoms with Crippen LogP contribution in [0.3, 0.4) is 0 Å². The second-order valence-corrected chi connectivity index (χ2v) is 5.74. The molecule has 0 radical (unpaired) electrons. The van der Waals surface area contributed by atoms with Crippen LogP contribution in [0.25, 0.3) is 0 Å². The monoisotopic (exact) mass is 271 g/mol. The molecule has 1 heterocycles. The van der Waals surface area contributed by atoms with Gasteiger partial charge in [-0.1, -0.05) is 13.8 Å². The molecule has 0 spiro atoms. The van der Waals surface area contributed by atoms with Gasteiger partial charge in [0.25, 0.3) is 0 Å². The molecule has 0 saturated carbocycles. The molecule has 2 unspecified atom stereocenters. The van der Waals surface area contributed by atoms with Gasteiger partial charge in [-0.15, -0.1) is 0 Å². The molecule has 1 rings (SSSR count). The van der Waals surface area contributed by atoms with Crippen LogP contribution in [0.5, 0.6) is 0 Å². The third-order valence-corrected chi connectivity index (χ3v) is 4.20. The molecule has 1 saturated heterocycles. The predicted molar refractivity (Wildman–Crippen MR) is 77.5 cm³/mol. The fourth-order valence-corrected chi connectivity index (χ4v) is 2.66. The molecular weight excluding hydrogens is 242 g/mol. The van der Waals surface area contributed by atoms with Gasteiger partial charge in [0.15, 0.2) is 0 Å². The van der Waals surface area contributed by atoms with Crippen LogP contribution in [0.1, 0.15) is 34.1 Å². The van der Waals surface area contributed by atoms with Crippen molar-refractivity contribution in [2.75, 3.05) is 39.3 Å². The zero-order valence-electron chi connectivity index (χ0n) is 12.8. The van der Waals surface area contributed by atoms with E-state index in [4.69, 9.17) is 0 Å². The van der Waals surface area contributed by atoms with Crippen LogP contribution < -0.4 is 5.32 Å². The Labute approximate surface area is 117 Å². The molecule has 5 nitrogen and oxygen atoms in total. The topological polar surface area (TPSA) is 55.8 Å².